The van der Waals surface area contributed by atoms with Crippen molar-refractivity contribution in [2.24, 2.45) is 0 Å². The van der Waals surface area contributed by atoms with Gasteiger partial charge in [-0.2, -0.15) is 0 Å². The zero-order valence-corrected chi connectivity index (χ0v) is 13.7. The minimum atomic E-state index is -0.374. The molecule has 2 N–H and O–H groups in total. The number of ether oxygens (including phenoxy) is 2. The number of aliphatic hydroxyl groups excluding tert-OH is 1. The van der Waals surface area contributed by atoms with Crippen molar-refractivity contribution in [3.8, 4) is 11.5 Å². The highest BCUT2D eigenvalue weighted by Gasteiger charge is 2.20. The van der Waals surface area contributed by atoms with Gasteiger partial charge >= 0.3 is 0 Å². The molecule has 4 nitrogen and oxygen atoms in total. The highest BCUT2D eigenvalue weighted by Crippen LogP contribution is 2.34. The van der Waals surface area contributed by atoms with Crippen LogP contribution in [0.15, 0.2) is 36.4 Å². The molecule has 2 aromatic rings. The number of rotatable bonds is 5. The van der Waals surface area contributed by atoms with Gasteiger partial charge in [-0.1, -0.05) is 12.1 Å². The van der Waals surface area contributed by atoms with Gasteiger partial charge in [0.25, 0.3) is 0 Å². The molecule has 0 radical (unpaired) electrons. The van der Waals surface area contributed by atoms with Crippen LogP contribution in [-0.2, 0) is 13.2 Å². The van der Waals surface area contributed by atoms with Crippen molar-refractivity contribution in [1.82, 2.24) is 5.32 Å². The summed E-state index contributed by atoms with van der Waals surface area (Å²) in [7, 11) is 1.64. The zero-order chi connectivity index (χ0) is 16.9. The summed E-state index contributed by atoms with van der Waals surface area (Å²) in [6.07, 6.45) is 1.92. The summed E-state index contributed by atoms with van der Waals surface area (Å²) in [4.78, 5) is 0. The van der Waals surface area contributed by atoms with Crippen molar-refractivity contribution < 1.29 is 19.0 Å². The van der Waals surface area contributed by atoms with Crippen LogP contribution in [0, 0.1) is 5.82 Å². The molecule has 128 valence electrons. The van der Waals surface area contributed by atoms with Gasteiger partial charge in [0.2, 0.25) is 0 Å². The molecule has 0 bridgehead atoms. The normalized spacial score (nSPS) is 16.9. The standard InChI is InChI=1S/C19H22FNO3/c1-23-15-5-6-16-18(3-2-8-24-19(16)10-15)21-11-13-4-7-17(20)14(9-13)12-22/h4-7,9-10,18,21-22H,2-3,8,11-12H2,1H3. The fraction of sp³-hybridized carbons (Fsp3) is 0.368. The van der Waals surface area contributed by atoms with Gasteiger partial charge in [-0.25, -0.2) is 4.39 Å². The Morgan fingerprint density at radius 1 is 1.29 bits per heavy atom. The molecule has 1 aliphatic rings. The summed E-state index contributed by atoms with van der Waals surface area (Å²) in [5.74, 6) is 1.25. The van der Waals surface area contributed by atoms with E-state index in [2.05, 4.69) is 5.32 Å². The van der Waals surface area contributed by atoms with E-state index in [1.807, 2.05) is 18.2 Å². The summed E-state index contributed by atoms with van der Waals surface area (Å²) >= 11 is 0. The molecule has 1 unspecified atom stereocenters. The average molecular weight is 331 g/mol. The highest BCUT2D eigenvalue weighted by molar-refractivity contribution is 5.43. The summed E-state index contributed by atoms with van der Waals surface area (Å²) in [6.45, 7) is 0.993. The van der Waals surface area contributed by atoms with E-state index in [1.165, 1.54) is 6.07 Å². The molecule has 0 saturated heterocycles. The summed E-state index contributed by atoms with van der Waals surface area (Å²) in [5.41, 5.74) is 2.38. The first-order valence-corrected chi connectivity index (χ1v) is 8.13. The maximum atomic E-state index is 13.5. The summed E-state index contributed by atoms with van der Waals surface area (Å²) in [6, 6.07) is 10.9. The van der Waals surface area contributed by atoms with Gasteiger partial charge in [0.1, 0.15) is 17.3 Å². The Morgan fingerprint density at radius 2 is 2.17 bits per heavy atom. The average Bonchev–Trinajstić information content (AvgIpc) is 2.82. The second kappa shape index (κ2) is 7.64. The molecule has 1 aliphatic heterocycles. The van der Waals surface area contributed by atoms with Crippen LogP contribution in [-0.4, -0.2) is 18.8 Å². The Labute approximate surface area is 141 Å². The second-order valence-electron chi connectivity index (χ2n) is 5.91. The zero-order valence-electron chi connectivity index (χ0n) is 13.7. The smallest absolute Gasteiger partial charge is 0.128 e. The fourth-order valence-electron chi connectivity index (χ4n) is 2.99. The van der Waals surface area contributed by atoms with E-state index in [-0.39, 0.29) is 18.5 Å². The SMILES string of the molecule is COc1ccc2c(c1)OCCCC2NCc1ccc(F)c(CO)c1. The molecule has 0 fully saturated rings. The minimum absolute atomic E-state index is 0.163. The number of nitrogens with one attached hydrogen (secondary N) is 1. The van der Waals surface area contributed by atoms with E-state index in [1.54, 1.807) is 19.2 Å². The Morgan fingerprint density at radius 3 is 2.96 bits per heavy atom. The van der Waals surface area contributed by atoms with E-state index in [0.717, 1.165) is 35.5 Å². The number of fused-ring (bicyclic) bond motifs is 1. The lowest BCUT2D eigenvalue weighted by Gasteiger charge is -2.19. The molecule has 0 aromatic heterocycles. The first-order valence-electron chi connectivity index (χ1n) is 8.13. The molecule has 0 saturated carbocycles. The molecule has 0 spiro atoms. The van der Waals surface area contributed by atoms with E-state index < -0.39 is 0 Å². The number of benzene rings is 2. The van der Waals surface area contributed by atoms with Crippen molar-refractivity contribution in [3.63, 3.8) is 0 Å². The van der Waals surface area contributed by atoms with E-state index >= 15 is 0 Å². The molecule has 1 heterocycles. The Balaban J connectivity index is 1.76. The van der Waals surface area contributed by atoms with Gasteiger partial charge in [-0.15, -0.1) is 0 Å². The number of halogens is 1. The summed E-state index contributed by atoms with van der Waals surface area (Å²) < 4.78 is 24.6. The van der Waals surface area contributed by atoms with Gasteiger partial charge in [-0.05, 0) is 36.6 Å². The van der Waals surface area contributed by atoms with Gasteiger partial charge in [0, 0.05) is 29.8 Å². The number of hydrogen-bond acceptors (Lipinski definition) is 4. The predicted molar refractivity (Wildman–Crippen MR) is 89.6 cm³/mol. The number of aliphatic hydroxyl groups is 1. The predicted octanol–water partition coefficient (Wildman–Crippen LogP) is 3.33. The van der Waals surface area contributed by atoms with Crippen LogP contribution in [0.25, 0.3) is 0 Å². The minimum Gasteiger partial charge on any atom is -0.497 e. The van der Waals surface area contributed by atoms with Crippen LogP contribution < -0.4 is 14.8 Å². The molecule has 1 atom stereocenters. The third-order valence-electron chi connectivity index (χ3n) is 4.32. The maximum Gasteiger partial charge on any atom is 0.128 e. The van der Waals surface area contributed by atoms with Crippen LogP contribution in [0.3, 0.4) is 0 Å². The molecule has 24 heavy (non-hydrogen) atoms. The van der Waals surface area contributed by atoms with Crippen LogP contribution in [0.2, 0.25) is 0 Å². The van der Waals surface area contributed by atoms with Crippen LogP contribution in [0.4, 0.5) is 4.39 Å². The van der Waals surface area contributed by atoms with E-state index in [4.69, 9.17) is 9.47 Å². The lowest BCUT2D eigenvalue weighted by atomic mass is 10.0. The molecule has 2 aromatic carbocycles. The Bertz CT molecular complexity index is 705. The molecular weight excluding hydrogens is 309 g/mol. The third-order valence-corrected chi connectivity index (χ3v) is 4.32. The lowest BCUT2D eigenvalue weighted by Crippen LogP contribution is -2.20. The maximum absolute atomic E-state index is 13.5. The van der Waals surface area contributed by atoms with Crippen molar-refractivity contribution >= 4 is 0 Å². The molecule has 5 heteroatoms. The number of methoxy groups -OCH3 is 1. The molecule has 0 aliphatic carbocycles. The van der Waals surface area contributed by atoms with Crippen molar-refractivity contribution in [2.45, 2.75) is 32.0 Å². The van der Waals surface area contributed by atoms with Crippen molar-refractivity contribution in [3.05, 3.63) is 58.9 Å². The quantitative estimate of drug-likeness (QED) is 0.882. The van der Waals surface area contributed by atoms with Gasteiger partial charge in [-0.3, -0.25) is 0 Å². The van der Waals surface area contributed by atoms with Gasteiger partial charge in [0.15, 0.2) is 0 Å². The first kappa shape index (κ1) is 16.7. The topological polar surface area (TPSA) is 50.7 Å². The van der Waals surface area contributed by atoms with Crippen molar-refractivity contribution in [2.75, 3.05) is 13.7 Å². The second-order valence-corrected chi connectivity index (χ2v) is 5.91. The highest BCUT2D eigenvalue weighted by atomic mass is 19.1. The van der Waals surface area contributed by atoms with Crippen LogP contribution in [0.1, 0.15) is 35.6 Å². The molecule has 3 rings (SSSR count). The summed E-state index contributed by atoms with van der Waals surface area (Å²) in [5, 5.41) is 12.7. The first-order chi connectivity index (χ1) is 11.7. The van der Waals surface area contributed by atoms with E-state index in [0.29, 0.717) is 18.7 Å². The van der Waals surface area contributed by atoms with Crippen LogP contribution >= 0.6 is 0 Å². The Kier molecular flexibility index (Phi) is 5.33. The Hall–Kier alpha value is -2.11. The molecular formula is C19H22FNO3. The van der Waals surface area contributed by atoms with E-state index in [9.17, 15) is 9.50 Å². The lowest BCUT2D eigenvalue weighted by molar-refractivity contribution is 0.275. The van der Waals surface area contributed by atoms with Gasteiger partial charge < -0.3 is 19.9 Å². The third kappa shape index (κ3) is 3.68. The molecule has 0 amide bonds. The van der Waals surface area contributed by atoms with Gasteiger partial charge in [0.05, 0.1) is 20.3 Å². The largest absolute Gasteiger partial charge is 0.497 e. The van der Waals surface area contributed by atoms with Crippen molar-refractivity contribution in [1.29, 1.82) is 0 Å². The van der Waals surface area contributed by atoms with Crippen LogP contribution in [0.5, 0.6) is 11.5 Å². The monoisotopic (exact) mass is 331 g/mol. The fourth-order valence-corrected chi connectivity index (χ4v) is 2.99. The number of hydrogen-bond donors (Lipinski definition) is 2.